The first-order chi connectivity index (χ1) is 6.27. The molecule has 0 saturated heterocycles. The maximum atomic E-state index is 5.55. The SMILES string of the molecule is CC(C)Oc1noc2c1CCCC2. The van der Waals surface area contributed by atoms with Crippen molar-refractivity contribution in [3.05, 3.63) is 11.3 Å². The summed E-state index contributed by atoms with van der Waals surface area (Å²) in [6.45, 7) is 4.01. The first-order valence-corrected chi connectivity index (χ1v) is 4.91. The highest BCUT2D eigenvalue weighted by Gasteiger charge is 2.20. The van der Waals surface area contributed by atoms with E-state index in [1.807, 2.05) is 13.8 Å². The molecule has 72 valence electrons. The van der Waals surface area contributed by atoms with Crippen molar-refractivity contribution >= 4 is 0 Å². The van der Waals surface area contributed by atoms with Crippen LogP contribution in [0.4, 0.5) is 0 Å². The van der Waals surface area contributed by atoms with E-state index >= 15 is 0 Å². The number of ether oxygens (including phenoxy) is 1. The van der Waals surface area contributed by atoms with Crippen molar-refractivity contribution in [2.24, 2.45) is 0 Å². The summed E-state index contributed by atoms with van der Waals surface area (Å²) < 4.78 is 10.8. The van der Waals surface area contributed by atoms with Crippen molar-refractivity contribution in [3.8, 4) is 5.88 Å². The molecule has 0 amide bonds. The Morgan fingerprint density at radius 1 is 1.31 bits per heavy atom. The number of aryl methyl sites for hydroxylation is 1. The highest BCUT2D eigenvalue weighted by Crippen LogP contribution is 2.29. The summed E-state index contributed by atoms with van der Waals surface area (Å²) in [6, 6.07) is 0. The summed E-state index contributed by atoms with van der Waals surface area (Å²) in [5, 5.41) is 3.94. The van der Waals surface area contributed by atoms with Gasteiger partial charge in [0.1, 0.15) is 5.76 Å². The molecule has 0 bridgehead atoms. The van der Waals surface area contributed by atoms with Crippen LogP contribution in [-0.4, -0.2) is 11.3 Å². The van der Waals surface area contributed by atoms with Crippen molar-refractivity contribution in [1.29, 1.82) is 0 Å². The molecule has 0 spiro atoms. The molecular weight excluding hydrogens is 166 g/mol. The Bertz CT molecular complexity index is 291. The fourth-order valence-corrected chi connectivity index (χ4v) is 1.67. The molecule has 1 aromatic heterocycles. The molecule has 0 atom stereocenters. The average molecular weight is 181 g/mol. The lowest BCUT2D eigenvalue weighted by atomic mass is 9.99. The topological polar surface area (TPSA) is 35.3 Å². The van der Waals surface area contributed by atoms with Gasteiger partial charge in [-0.3, -0.25) is 0 Å². The van der Waals surface area contributed by atoms with Crippen LogP contribution >= 0.6 is 0 Å². The predicted molar refractivity (Wildman–Crippen MR) is 48.9 cm³/mol. The van der Waals surface area contributed by atoms with Crippen molar-refractivity contribution in [3.63, 3.8) is 0 Å². The summed E-state index contributed by atoms with van der Waals surface area (Å²) in [6.07, 6.45) is 4.69. The summed E-state index contributed by atoms with van der Waals surface area (Å²) in [4.78, 5) is 0. The molecule has 0 radical (unpaired) electrons. The number of hydrogen-bond donors (Lipinski definition) is 0. The summed E-state index contributed by atoms with van der Waals surface area (Å²) >= 11 is 0. The minimum atomic E-state index is 0.177. The van der Waals surface area contributed by atoms with E-state index in [2.05, 4.69) is 5.16 Å². The Balaban J connectivity index is 2.21. The number of hydrogen-bond acceptors (Lipinski definition) is 3. The Kier molecular flexibility index (Phi) is 2.25. The van der Waals surface area contributed by atoms with E-state index in [4.69, 9.17) is 9.26 Å². The molecule has 1 heterocycles. The van der Waals surface area contributed by atoms with Gasteiger partial charge < -0.3 is 9.26 Å². The average Bonchev–Trinajstić information content (AvgIpc) is 2.48. The summed E-state index contributed by atoms with van der Waals surface area (Å²) in [5.41, 5.74) is 1.19. The van der Waals surface area contributed by atoms with Gasteiger partial charge in [0.25, 0.3) is 5.88 Å². The highest BCUT2D eigenvalue weighted by molar-refractivity contribution is 5.30. The third-order valence-electron chi connectivity index (χ3n) is 2.26. The Morgan fingerprint density at radius 3 is 2.85 bits per heavy atom. The number of rotatable bonds is 2. The third kappa shape index (κ3) is 1.69. The quantitative estimate of drug-likeness (QED) is 0.702. The summed E-state index contributed by atoms with van der Waals surface area (Å²) in [7, 11) is 0. The van der Waals surface area contributed by atoms with Gasteiger partial charge in [-0.05, 0) is 38.3 Å². The van der Waals surface area contributed by atoms with Gasteiger partial charge in [-0.2, -0.15) is 0 Å². The molecule has 1 aromatic rings. The van der Waals surface area contributed by atoms with E-state index in [9.17, 15) is 0 Å². The molecule has 0 fully saturated rings. The molecule has 0 aromatic carbocycles. The van der Waals surface area contributed by atoms with E-state index in [0.717, 1.165) is 18.6 Å². The van der Waals surface area contributed by atoms with E-state index < -0.39 is 0 Å². The monoisotopic (exact) mass is 181 g/mol. The molecule has 13 heavy (non-hydrogen) atoms. The van der Waals surface area contributed by atoms with Crippen LogP contribution < -0.4 is 4.74 Å². The zero-order chi connectivity index (χ0) is 9.26. The molecule has 1 aliphatic rings. The number of fused-ring (bicyclic) bond motifs is 1. The van der Waals surface area contributed by atoms with Crippen LogP contribution in [0.5, 0.6) is 5.88 Å². The van der Waals surface area contributed by atoms with Gasteiger partial charge in [0.15, 0.2) is 0 Å². The van der Waals surface area contributed by atoms with Gasteiger partial charge >= 0.3 is 0 Å². The second kappa shape index (κ2) is 3.40. The predicted octanol–water partition coefficient (Wildman–Crippen LogP) is 2.34. The van der Waals surface area contributed by atoms with Gasteiger partial charge in [-0.15, -0.1) is 0 Å². The van der Waals surface area contributed by atoms with Crippen molar-refractivity contribution in [2.75, 3.05) is 0 Å². The molecule has 0 N–H and O–H groups in total. The Hall–Kier alpha value is -0.990. The van der Waals surface area contributed by atoms with Crippen LogP contribution in [0.2, 0.25) is 0 Å². The lowest BCUT2D eigenvalue weighted by Crippen LogP contribution is -2.08. The van der Waals surface area contributed by atoms with Gasteiger partial charge in [-0.25, -0.2) is 0 Å². The van der Waals surface area contributed by atoms with Crippen LogP contribution in [0, 0.1) is 0 Å². The molecule has 3 heteroatoms. The third-order valence-corrected chi connectivity index (χ3v) is 2.26. The first-order valence-electron chi connectivity index (χ1n) is 4.91. The van der Waals surface area contributed by atoms with Crippen LogP contribution in [-0.2, 0) is 12.8 Å². The van der Waals surface area contributed by atoms with E-state index in [1.54, 1.807) is 0 Å². The van der Waals surface area contributed by atoms with Crippen molar-refractivity contribution < 1.29 is 9.26 Å². The second-order valence-corrected chi connectivity index (χ2v) is 3.76. The molecule has 1 aliphatic carbocycles. The van der Waals surface area contributed by atoms with Crippen LogP contribution in [0.3, 0.4) is 0 Å². The zero-order valence-corrected chi connectivity index (χ0v) is 8.17. The molecule has 0 aliphatic heterocycles. The first kappa shape index (κ1) is 8.60. The van der Waals surface area contributed by atoms with Gasteiger partial charge in [0.05, 0.1) is 11.7 Å². The second-order valence-electron chi connectivity index (χ2n) is 3.76. The Labute approximate surface area is 78.1 Å². The van der Waals surface area contributed by atoms with E-state index in [-0.39, 0.29) is 6.10 Å². The number of nitrogens with zero attached hydrogens (tertiary/aromatic N) is 1. The zero-order valence-electron chi connectivity index (χ0n) is 8.17. The van der Waals surface area contributed by atoms with Gasteiger partial charge in [-0.1, -0.05) is 0 Å². The fourth-order valence-electron chi connectivity index (χ4n) is 1.67. The fraction of sp³-hybridized carbons (Fsp3) is 0.700. The lowest BCUT2D eigenvalue weighted by Gasteiger charge is -2.11. The van der Waals surface area contributed by atoms with Crippen LogP contribution in [0.25, 0.3) is 0 Å². The highest BCUT2D eigenvalue weighted by atomic mass is 16.5. The molecule has 0 saturated carbocycles. The molecule has 0 unspecified atom stereocenters. The summed E-state index contributed by atoms with van der Waals surface area (Å²) in [5.74, 6) is 1.74. The minimum Gasteiger partial charge on any atom is -0.473 e. The van der Waals surface area contributed by atoms with Crippen LogP contribution in [0.15, 0.2) is 4.52 Å². The van der Waals surface area contributed by atoms with Gasteiger partial charge in [0.2, 0.25) is 0 Å². The lowest BCUT2D eigenvalue weighted by molar-refractivity contribution is 0.216. The standard InChI is InChI=1S/C10H15NO2/c1-7(2)12-10-8-5-3-4-6-9(8)13-11-10/h7H,3-6H2,1-2H3. The smallest absolute Gasteiger partial charge is 0.257 e. The van der Waals surface area contributed by atoms with Crippen LogP contribution in [0.1, 0.15) is 38.0 Å². The molecule has 2 rings (SSSR count). The maximum absolute atomic E-state index is 5.55. The molecule has 3 nitrogen and oxygen atoms in total. The molecular formula is C10H15NO2. The largest absolute Gasteiger partial charge is 0.473 e. The maximum Gasteiger partial charge on any atom is 0.257 e. The van der Waals surface area contributed by atoms with E-state index in [1.165, 1.54) is 18.4 Å². The number of aromatic nitrogens is 1. The van der Waals surface area contributed by atoms with Crippen molar-refractivity contribution in [2.45, 2.75) is 45.6 Å². The van der Waals surface area contributed by atoms with E-state index in [0.29, 0.717) is 5.88 Å². The van der Waals surface area contributed by atoms with Gasteiger partial charge in [0, 0.05) is 6.42 Å². The normalized spacial score (nSPS) is 15.9. The Morgan fingerprint density at radius 2 is 2.08 bits per heavy atom. The minimum absolute atomic E-state index is 0.177. The van der Waals surface area contributed by atoms with Crippen molar-refractivity contribution in [1.82, 2.24) is 5.16 Å².